The van der Waals surface area contributed by atoms with E-state index in [4.69, 9.17) is 25.5 Å². The molecule has 20 nitrogen and oxygen atoms in total. The van der Waals surface area contributed by atoms with E-state index in [2.05, 4.69) is 29.9 Å². The van der Waals surface area contributed by atoms with Gasteiger partial charge in [0.2, 0.25) is 5.95 Å². The number of nitrogens with two attached hydrogens (primary N) is 2. The molecular weight excluding hydrogens is 571 g/mol. The van der Waals surface area contributed by atoms with Crippen LogP contribution in [0.1, 0.15) is 12.5 Å². The number of H-pyrrole nitrogens is 1. The van der Waals surface area contributed by atoms with Crippen molar-refractivity contribution in [2.45, 2.75) is 48.6 Å². The van der Waals surface area contributed by atoms with E-state index in [-0.39, 0.29) is 34.1 Å². The van der Waals surface area contributed by atoms with Crippen LogP contribution < -0.4 is 17.0 Å². The van der Waals surface area contributed by atoms with Crippen molar-refractivity contribution in [3.05, 3.63) is 29.3 Å². The molecule has 21 heteroatoms. The van der Waals surface area contributed by atoms with Gasteiger partial charge in [0, 0.05) is 0 Å². The Morgan fingerprint density at radius 1 is 0.951 bits per heavy atom. The van der Waals surface area contributed by atoms with Gasteiger partial charge in [0.25, 0.3) is 5.56 Å². The number of hydrogen-bond donors (Lipinski definition) is 8. The Labute approximate surface area is 227 Å². The highest BCUT2D eigenvalue weighted by molar-refractivity contribution is 7.53. The minimum Gasteiger partial charge on any atom is -0.394 e. The summed E-state index contributed by atoms with van der Waals surface area (Å²) in [6.45, 7) is -1.43. The predicted molar refractivity (Wildman–Crippen MR) is 135 cm³/mol. The molecule has 0 aliphatic carbocycles. The average Bonchev–Trinajstić information content (AvgIpc) is 3.68. The number of aliphatic hydroxyl groups is 4. The lowest BCUT2D eigenvalue weighted by molar-refractivity contribution is -0.0496. The first-order valence-corrected chi connectivity index (χ1v) is 13.7. The second-order valence-electron chi connectivity index (χ2n) is 9.49. The molecule has 2 fully saturated rings. The van der Waals surface area contributed by atoms with Crippen LogP contribution >= 0.6 is 7.60 Å². The standard InChI is InChI=1S/C20H25N10O10P/c21-14-8-15(24-3-23-14)29(4-25-8)18-12(34)10(32)7(40-18)2-38-41(36,37)13-11(33)6(1-31)39-19(13)30-5-26-9-16(30)27-20(22)28-17(9)35/h3-7,10-13,18-19,31-34H,1-2H2,(H,36,37)(H2,21,23,24)(H3,22,27,28,35)/t6?,7?,10-,11-,12-,13-,18-,19-/m1/s1. The Balaban J connectivity index is 1.25. The number of nitrogens with zero attached hydrogens (tertiary/aromatic N) is 7. The first-order valence-electron chi connectivity index (χ1n) is 12.1. The zero-order valence-electron chi connectivity index (χ0n) is 20.8. The Morgan fingerprint density at radius 2 is 1.63 bits per heavy atom. The molecule has 10 N–H and O–H groups in total. The summed E-state index contributed by atoms with van der Waals surface area (Å²) in [5.41, 5.74) is 9.24. The molecule has 4 aromatic rings. The Hall–Kier alpha value is -3.59. The lowest BCUT2D eigenvalue weighted by Gasteiger charge is -2.27. The van der Waals surface area contributed by atoms with Crippen LogP contribution in [0.3, 0.4) is 0 Å². The van der Waals surface area contributed by atoms with Gasteiger partial charge >= 0.3 is 7.60 Å². The van der Waals surface area contributed by atoms with E-state index in [1.54, 1.807) is 0 Å². The largest absolute Gasteiger partial charge is 0.394 e. The van der Waals surface area contributed by atoms with E-state index >= 15 is 0 Å². The third-order valence-corrected chi connectivity index (χ3v) is 8.87. The fourth-order valence-electron chi connectivity index (χ4n) is 5.01. The molecule has 2 aliphatic heterocycles. The van der Waals surface area contributed by atoms with E-state index in [0.29, 0.717) is 0 Å². The van der Waals surface area contributed by atoms with E-state index in [1.807, 2.05) is 0 Å². The van der Waals surface area contributed by atoms with E-state index in [1.165, 1.54) is 17.2 Å². The van der Waals surface area contributed by atoms with Crippen molar-refractivity contribution in [3.63, 3.8) is 0 Å². The fourth-order valence-corrected chi connectivity index (χ4v) is 6.66. The second kappa shape index (κ2) is 10.0. The minimum absolute atomic E-state index is 0.0872. The van der Waals surface area contributed by atoms with Crippen LogP contribution in [-0.2, 0) is 18.6 Å². The molecule has 6 rings (SSSR count). The van der Waals surface area contributed by atoms with Crippen LogP contribution in [0.5, 0.6) is 0 Å². The van der Waals surface area contributed by atoms with Crippen LogP contribution in [0.2, 0.25) is 0 Å². The molecule has 0 radical (unpaired) electrons. The average molecular weight is 596 g/mol. The van der Waals surface area contributed by atoms with E-state index in [0.717, 1.165) is 10.9 Å². The second-order valence-corrected chi connectivity index (χ2v) is 11.5. The Morgan fingerprint density at radius 3 is 2.37 bits per heavy atom. The zero-order chi connectivity index (χ0) is 29.2. The molecule has 4 aromatic heterocycles. The van der Waals surface area contributed by atoms with Crippen molar-refractivity contribution in [2.75, 3.05) is 24.7 Å². The highest BCUT2D eigenvalue weighted by atomic mass is 31.2. The molecule has 220 valence electrons. The lowest BCUT2D eigenvalue weighted by Crippen LogP contribution is -2.36. The molecule has 2 saturated heterocycles. The summed E-state index contributed by atoms with van der Waals surface area (Å²) in [5.74, 6) is -0.175. The summed E-state index contributed by atoms with van der Waals surface area (Å²) in [7, 11) is -4.88. The van der Waals surface area contributed by atoms with Crippen LogP contribution in [0, 0.1) is 0 Å². The van der Waals surface area contributed by atoms with Gasteiger partial charge in [0.1, 0.15) is 48.0 Å². The van der Waals surface area contributed by atoms with Crippen LogP contribution in [0.4, 0.5) is 11.8 Å². The normalized spacial score (nSPS) is 31.7. The molecule has 9 atom stereocenters. The zero-order valence-corrected chi connectivity index (χ0v) is 21.7. The number of nitrogens with one attached hydrogen (secondary N) is 1. The van der Waals surface area contributed by atoms with Crippen molar-refractivity contribution in [1.29, 1.82) is 0 Å². The number of aromatic amines is 1. The summed E-state index contributed by atoms with van der Waals surface area (Å²) in [6, 6.07) is 0. The summed E-state index contributed by atoms with van der Waals surface area (Å²) in [4.78, 5) is 45.4. The SMILES string of the molecule is Nc1nc2c(ncn2[C@@H]2OC(CO)[C@@H](O)[C@H]2P(=O)(O)OCC2O[C@@H](n3cnc4c(N)ncnc43)[C@H](O)[C@@H]2O)c(=O)[nH]1. The van der Waals surface area contributed by atoms with Gasteiger partial charge in [0.15, 0.2) is 35.1 Å². The van der Waals surface area contributed by atoms with Gasteiger partial charge in [-0.05, 0) is 0 Å². The number of ether oxygens (including phenoxy) is 2. The fraction of sp³-hybridized carbons (Fsp3) is 0.500. The number of aromatic nitrogens is 8. The van der Waals surface area contributed by atoms with Gasteiger partial charge in [0.05, 0.1) is 25.9 Å². The smallest absolute Gasteiger partial charge is 0.338 e. The number of aliphatic hydroxyl groups excluding tert-OH is 4. The van der Waals surface area contributed by atoms with Gasteiger partial charge in [-0.15, -0.1) is 0 Å². The summed E-state index contributed by atoms with van der Waals surface area (Å²) in [5, 5.41) is 41.8. The number of nitrogen functional groups attached to an aromatic ring is 2. The topological polar surface area (TPSA) is 305 Å². The van der Waals surface area contributed by atoms with Crippen molar-refractivity contribution >= 4 is 41.7 Å². The number of anilines is 2. The predicted octanol–water partition coefficient (Wildman–Crippen LogP) is -3.44. The maximum absolute atomic E-state index is 13.6. The van der Waals surface area contributed by atoms with Crippen molar-refractivity contribution in [2.24, 2.45) is 0 Å². The Bertz CT molecular complexity index is 1710. The molecule has 6 heterocycles. The molecule has 2 aliphatic rings. The number of hydrogen-bond acceptors (Lipinski definition) is 16. The highest BCUT2D eigenvalue weighted by Gasteiger charge is 2.55. The lowest BCUT2D eigenvalue weighted by atomic mass is 10.1. The molecule has 0 spiro atoms. The molecular formula is C20H25N10O10P. The Kier molecular flexibility index (Phi) is 6.76. The molecule has 0 bridgehead atoms. The van der Waals surface area contributed by atoms with E-state index in [9.17, 15) is 34.7 Å². The number of imidazole rings is 2. The summed E-state index contributed by atoms with van der Waals surface area (Å²) in [6.07, 6.45) is -6.55. The van der Waals surface area contributed by atoms with Crippen molar-refractivity contribution in [3.8, 4) is 0 Å². The monoisotopic (exact) mass is 596 g/mol. The highest BCUT2D eigenvalue weighted by Crippen LogP contribution is 2.57. The maximum atomic E-state index is 13.6. The van der Waals surface area contributed by atoms with Gasteiger partial charge < -0.3 is 50.8 Å². The van der Waals surface area contributed by atoms with E-state index < -0.39 is 75.0 Å². The minimum atomic E-state index is -4.88. The molecule has 0 aromatic carbocycles. The van der Waals surface area contributed by atoms with Crippen molar-refractivity contribution in [1.82, 2.24) is 39.0 Å². The summed E-state index contributed by atoms with van der Waals surface area (Å²) < 4.78 is 32.7. The van der Waals surface area contributed by atoms with Gasteiger partial charge in [-0.1, -0.05) is 0 Å². The van der Waals surface area contributed by atoms with Gasteiger partial charge in [-0.3, -0.25) is 23.5 Å². The molecule has 0 saturated carbocycles. The van der Waals surface area contributed by atoms with Gasteiger partial charge in [-0.2, -0.15) is 4.98 Å². The first-order chi connectivity index (χ1) is 19.5. The molecule has 3 unspecified atom stereocenters. The summed E-state index contributed by atoms with van der Waals surface area (Å²) >= 11 is 0. The number of fused-ring (bicyclic) bond motifs is 2. The van der Waals surface area contributed by atoms with Crippen LogP contribution in [0.25, 0.3) is 22.3 Å². The third kappa shape index (κ3) is 4.45. The quantitative estimate of drug-likeness (QED) is 0.0962. The van der Waals surface area contributed by atoms with Gasteiger partial charge in [-0.25, -0.2) is 19.9 Å². The van der Waals surface area contributed by atoms with Crippen LogP contribution in [0.15, 0.2) is 23.8 Å². The van der Waals surface area contributed by atoms with Crippen LogP contribution in [-0.4, -0.2) is 114 Å². The molecule has 41 heavy (non-hydrogen) atoms. The third-order valence-electron chi connectivity index (χ3n) is 7.04. The first kappa shape index (κ1) is 27.6. The molecule has 0 amide bonds. The van der Waals surface area contributed by atoms with Crippen molar-refractivity contribution < 1.29 is 43.9 Å². The maximum Gasteiger partial charge on any atom is 0.338 e. The number of rotatable bonds is 7.